The summed E-state index contributed by atoms with van der Waals surface area (Å²) >= 11 is 2.05. The Morgan fingerprint density at radius 1 is 1.24 bits per heavy atom. The lowest BCUT2D eigenvalue weighted by Crippen LogP contribution is -2.56. The molecule has 1 aromatic rings. The molecule has 2 atom stereocenters. The van der Waals surface area contributed by atoms with Gasteiger partial charge in [0.05, 0.1) is 12.6 Å². The highest BCUT2D eigenvalue weighted by Gasteiger charge is 2.31. The molecule has 2 aliphatic heterocycles. The molecule has 6 nitrogen and oxygen atoms in total. The Balaban J connectivity index is 1.47. The molecule has 2 fully saturated rings. The van der Waals surface area contributed by atoms with E-state index in [1.807, 2.05) is 43.0 Å². The quantitative estimate of drug-likeness (QED) is 0.735. The van der Waals surface area contributed by atoms with Gasteiger partial charge in [-0.3, -0.25) is 19.4 Å². The third-order valence-corrected chi connectivity index (χ3v) is 7.25. The van der Waals surface area contributed by atoms with Crippen molar-refractivity contribution in [1.82, 2.24) is 14.7 Å². The van der Waals surface area contributed by atoms with Crippen LogP contribution in [0.4, 0.5) is 5.69 Å². The number of likely N-dealkylation sites (N-methyl/N-ethyl adjacent to an activating group) is 1. The van der Waals surface area contributed by atoms with Crippen LogP contribution in [0.15, 0.2) is 24.3 Å². The standard InChI is InChI=1S/C22H34N4O2S/c1-4-18-7-5-6-8-20(18)23-21(27)15-24(3)22(28)17(2)25-10-12-26(13-11-25)19-9-14-29-16-19/h5-8,17,19H,4,9-16H2,1-3H3,(H,23,27). The number of hydrogen-bond donors (Lipinski definition) is 1. The average Bonchev–Trinajstić information content (AvgIpc) is 3.28. The highest BCUT2D eigenvalue weighted by Crippen LogP contribution is 2.23. The molecule has 2 amide bonds. The second-order valence-corrected chi connectivity index (χ2v) is 9.17. The molecular weight excluding hydrogens is 384 g/mol. The van der Waals surface area contributed by atoms with Gasteiger partial charge in [0.15, 0.2) is 0 Å². The maximum Gasteiger partial charge on any atom is 0.243 e. The molecule has 1 N–H and O–H groups in total. The fourth-order valence-corrected chi connectivity index (χ4v) is 5.46. The fraction of sp³-hybridized carbons (Fsp3) is 0.636. The molecule has 0 spiro atoms. The number of hydrogen-bond acceptors (Lipinski definition) is 5. The first kappa shape index (κ1) is 22.1. The lowest BCUT2D eigenvalue weighted by molar-refractivity contribution is -0.138. The van der Waals surface area contributed by atoms with Crippen molar-refractivity contribution >= 4 is 29.3 Å². The van der Waals surface area contributed by atoms with E-state index in [9.17, 15) is 9.59 Å². The highest BCUT2D eigenvalue weighted by molar-refractivity contribution is 7.99. The van der Waals surface area contributed by atoms with Gasteiger partial charge in [-0.15, -0.1) is 0 Å². The molecule has 2 heterocycles. The number of para-hydroxylation sites is 1. The van der Waals surface area contributed by atoms with E-state index in [2.05, 4.69) is 22.0 Å². The van der Waals surface area contributed by atoms with Crippen LogP contribution >= 0.6 is 11.8 Å². The van der Waals surface area contributed by atoms with Crippen LogP contribution in [0.3, 0.4) is 0 Å². The van der Waals surface area contributed by atoms with E-state index in [1.54, 1.807) is 11.9 Å². The maximum atomic E-state index is 12.9. The summed E-state index contributed by atoms with van der Waals surface area (Å²) < 4.78 is 0. The van der Waals surface area contributed by atoms with E-state index in [0.29, 0.717) is 6.04 Å². The Bertz CT molecular complexity index is 700. The molecule has 0 saturated carbocycles. The zero-order valence-electron chi connectivity index (χ0n) is 17.9. The van der Waals surface area contributed by atoms with Gasteiger partial charge in [0.25, 0.3) is 0 Å². The number of aryl methyl sites for hydroxylation is 1. The van der Waals surface area contributed by atoms with Crippen LogP contribution in [0.25, 0.3) is 0 Å². The Labute approximate surface area is 179 Å². The minimum atomic E-state index is -0.198. The van der Waals surface area contributed by atoms with Crippen molar-refractivity contribution in [2.75, 3.05) is 56.6 Å². The van der Waals surface area contributed by atoms with Gasteiger partial charge in [0, 0.05) is 50.7 Å². The number of thioether (sulfide) groups is 1. The fourth-order valence-electron chi connectivity index (χ4n) is 4.21. The Morgan fingerprint density at radius 3 is 2.62 bits per heavy atom. The summed E-state index contributed by atoms with van der Waals surface area (Å²) in [5, 5.41) is 2.95. The summed E-state index contributed by atoms with van der Waals surface area (Å²) in [4.78, 5) is 31.7. The first-order valence-electron chi connectivity index (χ1n) is 10.7. The molecule has 7 heteroatoms. The molecule has 1 aromatic carbocycles. The second-order valence-electron chi connectivity index (χ2n) is 8.02. The zero-order valence-corrected chi connectivity index (χ0v) is 18.7. The number of anilines is 1. The SMILES string of the molecule is CCc1ccccc1NC(=O)CN(C)C(=O)C(C)N1CCN(C2CCSC2)CC1. The molecule has 0 bridgehead atoms. The van der Waals surface area contributed by atoms with Gasteiger partial charge >= 0.3 is 0 Å². The van der Waals surface area contributed by atoms with Gasteiger partial charge in [-0.05, 0) is 37.1 Å². The maximum absolute atomic E-state index is 12.9. The monoisotopic (exact) mass is 418 g/mol. The first-order valence-corrected chi connectivity index (χ1v) is 11.8. The number of carbonyl (C=O) groups excluding carboxylic acids is 2. The van der Waals surface area contributed by atoms with Crippen molar-refractivity contribution in [3.63, 3.8) is 0 Å². The van der Waals surface area contributed by atoms with Crippen molar-refractivity contribution in [3.8, 4) is 0 Å². The van der Waals surface area contributed by atoms with Crippen LogP contribution < -0.4 is 5.32 Å². The first-order chi connectivity index (χ1) is 14.0. The van der Waals surface area contributed by atoms with E-state index in [0.717, 1.165) is 43.9 Å². The smallest absolute Gasteiger partial charge is 0.243 e. The van der Waals surface area contributed by atoms with E-state index in [-0.39, 0.29) is 24.4 Å². The van der Waals surface area contributed by atoms with Gasteiger partial charge < -0.3 is 10.2 Å². The molecule has 2 aliphatic rings. The summed E-state index contributed by atoms with van der Waals surface area (Å²) in [6.07, 6.45) is 2.14. The Hall–Kier alpha value is -1.57. The topological polar surface area (TPSA) is 55.9 Å². The molecular formula is C22H34N4O2S. The zero-order chi connectivity index (χ0) is 20.8. The van der Waals surface area contributed by atoms with Crippen LogP contribution in [0, 0.1) is 0 Å². The number of benzene rings is 1. The van der Waals surface area contributed by atoms with Crippen LogP contribution in [-0.4, -0.2) is 89.9 Å². The number of piperazine rings is 1. The van der Waals surface area contributed by atoms with Gasteiger partial charge in [-0.2, -0.15) is 11.8 Å². The van der Waals surface area contributed by atoms with Crippen molar-refractivity contribution in [2.24, 2.45) is 0 Å². The predicted molar refractivity (Wildman–Crippen MR) is 120 cm³/mol. The molecule has 160 valence electrons. The average molecular weight is 419 g/mol. The third kappa shape index (κ3) is 5.74. The summed E-state index contributed by atoms with van der Waals surface area (Å²) in [5.74, 6) is 2.37. The third-order valence-electron chi connectivity index (χ3n) is 6.11. The molecule has 0 aliphatic carbocycles. The summed E-state index contributed by atoms with van der Waals surface area (Å²) in [5.41, 5.74) is 1.93. The van der Waals surface area contributed by atoms with Gasteiger partial charge in [-0.25, -0.2) is 0 Å². The molecule has 29 heavy (non-hydrogen) atoms. The predicted octanol–water partition coefficient (Wildman–Crippen LogP) is 2.16. The molecule has 3 rings (SSSR count). The minimum Gasteiger partial charge on any atom is -0.335 e. The van der Waals surface area contributed by atoms with E-state index in [1.165, 1.54) is 17.9 Å². The highest BCUT2D eigenvalue weighted by atomic mass is 32.2. The number of rotatable bonds is 7. The van der Waals surface area contributed by atoms with E-state index < -0.39 is 0 Å². The van der Waals surface area contributed by atoms with Gasteiger partial charge in [0.1, 0.15) is 0 Å². The number of carbonyl (C=O) groups is 2. The Kier molecular flexibility index (Phi) is 7.98. The van der Waals surface area contributed by atoms with Crippen molar-refractivity contribution in [2.45, 2.75) is 38.8 Å². The van der Waals surface area contributed by atoms with Crippen LogP contribution in [-0.2, 0) is 16.0 Å². The van der Waals surface area contributed by atoms with E-state index >= 15 is 0 Å². The van der Waals surface area contributed by atoms with E-state index in [4.69, 9.17) is 0 Å². The van der Waals surface area contributed by atoms with Crippen molar-refractivity contribution < 1.29 is 9.59 Å². The van der Waals surface area contributed by atoms with Crippen LogP contribution in [0.1, 0.15) is 25.8 Å². The Morgan fingerprint density at radius 2 is 1.97 bits per heavy atom. The number of amides is 2. The summed E-state index contributed by atoms with van der Waals surface area (Å²) in [6.45, 7) is 7.98. The summed E-state index contributed by atoms with van der Waals surface area (Å²) in [7, 11) is 1.72. The second kappa shape index (κ2) is 10.5. The molecule has 2 saturated heterocycles. The lowest BCUT2D eigenvalue weighted by atomic mass is 10.1. The lowest BCUT2D eigenvalue weighted by Gasteiger charge is -2.40. The number of nitrogens with one attached hydrogen (secondary N) is 1. The largest absolute Gasteiger partial charge is 0.335 e. The van der Waals surface area contributed by atoms with Gasteiger partial charge in [-0.1, -0.05) is 25.1 Å². The normalized spacial score (nSPS) is 21.7. The van der Waals surface area contributed by atoms with Gasteiger partial charge in [0.2, 0.25) is 11.8 Å². The van der Waals surface area contributed by atoms with Crippen LogP contribution in [0.5, 0.6) is 0 Å². The van der Waals surface area contributed by atoms with Crippen LogP contribution in [0.2, 0.25) is 0 Å². The van der Waals surface area contributed by atoms with Crippen molar-refractivity contribution in [3.05, 3.63) is 29.8 Å². The molecule has 2 unspecified atom stereocenters. The molecule has 0 radical (unpaired) electrons. The number of nitrogens with zero attached hydrogens (tertiary/aromatic N) is 3. The van der Waals surface area contributed by atoms with Crippen molar-refractivity contribution in [1.29, 1.82) is 0 Å². The summed E-state index contributed by atoms with van der Waals surface area (Å²) in [6, 6.07) is 8.31. The minimum absolute atomic E-state index is 0.00815. The molecule has 0 aromatic heterocycles.